The molecule has 0 N–H and O–H groups in total. The molecule has 0 aliphatic rings. The number of halogens is 3. The first-order valence-corrected chi connectivity index (χ1v) is 12.6. The second kappa shape index (κ2) is 13.0. The van der Waals surface area contributed by atoms with Crippen LogP contribution in [-0.2, 0) is 13.1 Å². The number of hydrogen-bond acceptors (Lipinski definition) is 3. The van der Waals surface area contributed by atoms with Crippen molar-refractivity contribution in [2.75, 3.05) is 39.3 Å². The second-order valence-electron chi connectivity index (χ2n) is 8.56. The van der Waals surface area contributed by atoms with Crippen molar-refractivity contribution in [2.24, 2.45) is 0 Å². The molecule has 0 aliphatic heterocycles. The number of nitrogens with zero attached hydrogens (tertiary/aromatic N) is 4. The van der Waals surface area contributed by atoms with E-state index in [0.29, 0.717) is 11.6 Å². The molecule has 0 saturated carbocycles. The van der Waals surface area contributed by atoms with Crippen molar-refractivity contribution in [3.8, 4) is 0 Å². The summed E-state index contributed by atoms with van der Waals surface area (Å²) in [6.45, 7) is 15.8. The van der Waals surface area contributed by atoms with Gasteiger partial charge in [-0.25, -0.2) is 0 Å². The zero-order valence-electron chi connectivity index (χ0n) is 21.1. The molecule has 35 heavy (non-hydrogen) atoms. The number of fused-ring (bicyclic) bond motifs is 5. The van der Waals surface area contributed by atoms with Gasteiger partial charge in [0, 0.05) is 52.9 Å². The molecule has 0 spiro atoms. The summed E-state index contributed by atoms with van der Waals surface area (Å²) in [5.41, 5.74) is 2.94. The van der Waals surface area contributed by atoms with Gasteiger partial charge in [-0.1, -0.05) is 57.5 Å². The van der Waals surface area contributed by atoms with Crippen LogP contribution in [0.3, 0.4) is 0 Å². The van der Waals surface area contributed by atoms with Gasteiger partial charge >= 0.3 is 0 Å². The molecule has 0 saturated heterocycles. The standard InChI is InChI=1S/C27H35ClN4O.2ClH/c1-5-29(6-2)15-17-31-23-12-10-9-11-21(23)25-22-19-20(28)13-14-24(22)32(27(33)26(25)31)18-16-30(7-3)8-4;;/h9-14,19H,5-8,15-18H2,1-4H3;2*1H. The van der Waals surface area contributed by atoms with Crippen LogP contribution in [0.2, 0.25) is 5.02 Å². The Morgan fingerprint density at radius 1 is 0.743 bits per heavy atom. The van der Waals surface area contributed by atoms with Gasteiger partial charge in [0.2, 0.25) is 0 Å². The first-order valence-electron chi connectivity index (χ1n) is 12.2. The van der Waals surface area contributed by atoms with E-state index in [1.807, 2.05) is 22.8 Å². The average Bonchev–Trinajstić information content (AvgIpc) is 3.17. The highest BCUT2D eigenvalue weighted by Gasteiger charge is 2.20. The van der Waals surface area contributed by atoms with E-state index in [1.54, 1.807) is 0 Å². The summed E-state index contributed by atoms with van der Waals surface area (Å²) in [6, 6.07) is 14.3. The van der Waals surface area contributed by atoms with Gasteiger partial charge in [0.25, 0.3) is 5.56 Å². The van der Waals surface area contributed by atoms with Gasteiger partial charge in [-0.05, 0) is 50.4 Å². The maximum atomic E-state index is 14.1. The minimum atomic E-state index is 0. The molecule has 8 heteroatoms. The number of benzene rings is 2. The van der Waals surface area contributed by atoms with Crippen molar-refractivity contribution in [3.05, 3.63) is 57.8 Å². The summed E-state index contributed by atoms with van der Waals surface area (Å²) in [7, 11) is 0. The van der Waals surface area contributed by atoms with Gasteiger partial charge in [0.1, 0.15) is 5.52 Å². The van der Waals surface area contributed by atoms with Crippen LogP contribution in [0.15, 0.2) is 47.3 Å². The normalized spacial score (nSPS) is 11.5. The summed E-state index contributed by atoms with van der Waals surface area (Å²) in [6.07, 6.45) is 0. The zero-order chi connectivity index (χ0) is 23.5. The number of aromatic nitrogens is 2. The van der Waals surface area contributed by atoms with Crippen molar-refractivity contribution >= 4 is 69.1 Å². The second-order valence-corrected chi connectivity index (χ2v) is 9.00. The molecule has 4 aromatic rings. The van der Waals surface area contributed by atoms with Gasteiger partial charge in [0.15, 0.2) is 0 Å². The van der Waals surface area contributed by atoms with E-state index in [0.717, 1.165) is 78.5 Å². The molecule has 4 rings (SSSR count). The molecule has 2 aromatic carbocycles. The van der Waals surface area contributed by atoms with Gasteiger partial charge in [-0.2, -0.15) is 0 Å². The summed E-state index contributed by atoms with van der Waals surface area (Å²) >= 11 is 6.47. The Kier molecular flexibility index (Phi) is 10.9. The van der Waals surface area contributed by atoms with Crippen molar-refractivity contribution in [1.29, 1.82) is 0 Å². The Labute approximate surface area is 225 Å². The summed E-state index contributed by atoms with van der Waals surface area (Å²) < 4.78 is 4.19. The molecule has 2 aromatic heterocycles. The summed E-state index contributed by atoms with van der Waals surface area (Å²) in [5, 5.41) is 3.88. The third-order valence-electron chi connectivity index (χ3n) is 7.01. The van der Waals surface area contributed by atoms with Crippen molar-refractivity contribution in [1.82, 2.24) is 18.9 Å². The SMILES string of the molecule is CCN(CC)CCn1c(=O)c2c(c3cc(Cl)ccc31)c1ccccc1n2CCN(CC)CC.Cl.Cl. The average molecular weight is 540 g/mol. The van der Waals surface area contributed by atoms with E-state index < -0.39 is 0 Å². The molecular formula is C27H37Cl3N4O. The number of pyridine rings is 1. The van der Waals surface area contributed by atoms with Gasteiger partial charge in [-0.15, -0.1) is 24.8 Å². The molecule has 2 heterocycles. The lowest BCUT2D eigenvalue weighted by Gasteiger charge is -2.21. The highest BCUT2D eigenvalue weighted by Crippen LogP contribution is 2.34. The quantitative estimate of drug-likeness (QED) is 0.237. The van der Waals surface area contributed by atoms with E-state index in [9.17, 15) is 4.79 Å². The fraction of sp³-hybridized carbons (Fsp3) is 0.444. The van der Waals surface area contributed by atoms with Crippen LogP contribution in [0.1, 0.15) is 27.7 Å². The monoisotopic (exact) mass is 538 g/mol. The highest BCUT2D eigenvalue weighted by molar-refractivity contribution is 6.32. The maximum Gasteiger partial charge on any atom is 0.275 e. The number of para-hydroxylation sites is 1. The Balaban J connectivity index is 0.00000216. The van der Waals surface area contributed by atoms with Crippen molar-refractivity contribution in [2.45, 2.75) is 40.8 Å². The highest BCUT2D eigenvalue weighted by atomic mass is 35.5. The predicted octanol–water partition coefficient (Wildman–Crippen LogP) is 6.29. The molecule has 0 fully saturated rings. The maximum absolute atomic E-state index is 14.1. The van der Waals surface area contributed by atoms with Gasteiger partial charge in [0.05, 0.1) is 5.52 Å². The molecular weight excluding hydrogens is 503 g/mol. The Morgan fingerprint density at radius 2 is 1.29 bits per heavy atom. The Bertz CT molecular complexity index is 1320. The lowest BCUT2D eigenvalue weighted by atomic mass is 10.1. The topological polar surface area (TPSA) is 33.4 Å². The van der Waals surface area contributed by atoms with Crippen LogP contribution < -0.4 is 5.56 Å². The van der Waals surface area contributed by atoms with E-state index in [4.69, 9.17) is 11.6 Å². The van der Waals surface area contributed by atoms with E-state index >= 15 is 0 Å². The molecule has 0 radical (unpaired) electrons. The third kappa shape index (κ3) is 5.65. The first-order chi connectivity index (χ1) is 16.0. The first kappa shape index (κ1) is 29.5. The Hall–Kier alpha value is -1.76. The minimum Gasteiger partial charge on any atom is -0.335 e. The van der Waals surface area contributed by atoms with Crippen LogP contribution in [0.4, 0.5) is 0 Å². The molecule has 0 amide bonds. The van der Waals surface area contributed by atoms with Crippen molar-refractivity contribution < 1.29 is 0 Å². The molecule has 0 bridgehead atoms. The third-order valence-corrected chi connectivity index (χ3v) is 7.24. The Morgan fingerprint density at radius 3 is 1.89 bits per heavy atom. The van der Waals surface area contributed by atoms with Crippen LogP contribution in [0, 0.1) is 0 Å². The molecule has 0 atom stereocenters. The van der Waals surface area contributed by atoms with Crippen LogP contribution in [0.25, 0.3) is 32.7 Å². The largest absolute Gasteiger partial charge is 0.335 e. The molecule has 192 valence electrons. The zero-order valence-corrected chi connectivity index (χ0v) is 23.5. The molecule has 0 aliphatic carbocycles. The van der Waals surface area contributed by atoms with Crippen LogP contribution in [-0.4, -0.2) is 58.2 Å². The van der Waals surface area contributed by atoms with Crippen LogP contribution >= 0.6 is 36.4 Å². The van der Waals surface area contributed by atoms with E-state index in [1.165, 1.54) is 0 Å². The molecule has 0 unspecified atom stereocenters. The van der Waals surface area contributed by atoms with Gasteiger partial charge in [-0.3, -0.25) is 4.79 Å². The summed E-state index contributed by atoms with van der Waals surface area (Å²) in [4.78, 5) is 18.8. The molecule has 5 nitrogen and oxygen atoms in total. The minimum absolute atomic E-state index is 0. The fourth-order valence-corrected chi connectivity index (χ4v) is 5.17. The smallest absolute Gasteiger partial charge is 0.275 e. The number of hydrogen-bond donors (Lipinski definition) is 0. The number of likely N-dealkylation sites (N-methyl/N-ethyl adjacent to an activating group) is 2. The number of rotatable bonds is 10. The summed E-state index contributed by atoms with van der Waals surface area (Å²) in [5.74, 6) is 0. The lowest BCUT2D eigenvalue weighted by molar-refractivity contribution is 0.290. The van der Waals surface area contributed by atoms with Crippen molar-refractivity contribution in [3.63, 3.8) is 0 Å². The van der Waals surface area contributed by atoms with Crippen LogP contribution in [0.5, 0.6) is 0 Å². The van der Waals surface area contributed by atoms with E-state index in [2.05, 4.69) is 66.3 Å². The van der Waals surface area contributed by atoms with E-state index in [-0.39, 0.29) is 30.4 Å². The lowest BCUT2D eigenvalue weighted by Crippen LogP contribution is -2.32. The fourth-order valence-electron chi connectivity index (χ4n) is 5.00. The predicted molar refractivity (Wildman–Crippen MR) is 156 cm³/mol. The van der Waals surface area contributed by atoms with Gasteiger partial charge < -0.3 is 18.9 Å².